The zero-order chi connectivity index (χ0) is 5.98. The summed E-state index contributed by atoms with van der Waals surface area (Å²) >= 11 is 0. The van der Waals surface area contributed by atoms with Crippen molar-refractivity contribution in [1.29, 1.82) is 0 Å². The summed E-state index contributed by atoms with van der Waals surface area (Å²) in [4.78, 5) is 0. The van der Waals surface area contributed by atoms with Gasteiger partial charge in [-0.15, -0.1) is 0 Å². The molecule has 0 radical (unpaired) electrons. The fourth-order valence-corrected chi connectivity index (χ4v) is 1.10. The minimum absolute atomic E-state index is 0.263. The topological polar surface area (TPSA) is 68.7 Å². The first-order valence-corrected chi connectivity index (χ1v) is 3.15. The van der Waals surface area contributed by atoms with E-state index >= 15 is 0 Å². The standard InChI is InChI=1S/C5H13N3/c6-4-2-1-3-5(7)8-4/h4-5,8H,1-3,6-7H2/p+1. The maximum absolute atomic E-state index is 5.59. The van der Waals surface area contributed by atoms with Crippen LogP contribution in [0.3, 0.4) is 0 Å². The van der Waals surface area contributed by atoms with Crippen LogP contribution in [0.2, 0.25) is 0 Å². The largest absolute Gasteiger partial charge is 0.317 e. The lowest BCUT2D eigenvalue weighted by Crippen LogP contribution is -3.00. The predicted molar refractivity (Wildman–Crippen MR) is 31.7 cm³/mol. The molecule has 1 rings (SSSR count). The summed E-state index contributed by atoms with van der Waals surface area (Å²) in [5.74, 6) is 0. The van der Waals surface area contributed by atoms with E-state index in [1.165, 1.54) is 6.42 Å². The molecule has 1 aliphatic heterocycles. The molecular formula is C5H14N3+. The first-order valence-electron chi connectivity index (χ1n) is 3.15. The molecule has 0 aliphatic carbocycles. The van der Waals surface area contributed by atoms with Crippen molar-refractivity contribution < 1.29 is 5.32 Å². The van der Waals surface area contributed by atoms with Crippen LogP contribution in [0.1, 0.15) is 19.3 Å². The Labute approximate surface area is 49.4 Å². The van der Waals surface area contributed by atoms with Crippen molar-refractivity contribution in [2.45, 2.75) is 31.6 Å². The number of hydrogen-bond acceptors (Lipinski definition) is 2. The van der Waals surface area contributed by atoms with Gasteiger partial charge in [-0.3, -0.25) is 11.5 Å². The Bertz CT molecular complexity index is 66.1. The van der Waals surface area contributed by atoms with Gasteiger partial charge in [0.1, 0.15) is 12.3 Å². The summed E-state index contributed by atoms with van der Waals surface area (Å²) in [5, 5.41) is 2.03. The molecule has 1 heterocycles. The fraction of sp³-hybridized carbons (Fsp3) is 1.00. The molecule has 0 saturated carbocycles. The average molecular weight is 116 g/mol. The second-order valence-electron chi connectivity index (χ2n) is 2.45. The SMILES string of the molecule is NC1CCCC(N)[NH2+]1. The highest BCUT2D eigenvalue weighted by molar-refractivity contribution is 4.55. The third-order valence-electron chi connectivity index (χ3n) is 1.57. The van der Waals surface area contributed by atoms with E-state index in [-0.39, 0.29) is 12.3 Å². The van der Waals surface area contributed by atoms with Crippen LogP contribution in [-0.2, 0) is 0 Å². The second-order valence-corrected chi connectivity index (χ2v) is 2.45. The summed E-state index contributed by atoms with van der Waals surface area (Å²) in [7, 11) is 0. The molecule has 0 spiro atoms. The lowest BCUT2D eigenvalue weighted by Gasteiger charge is -2.21. The molecule has 2 atom stereocenters. The summed E-state index contributed by atoms with van der Waals surface area (Å²) in [6.45, 7) is 0. The Morgan fingerprint density at radius 1 is 1.12 bits per heavy atom. The Balaban J connectivity index is 2.23. The molecule has 0 bridgehead atoms. The van der Waals surface area contributed by atoms with Crippen molar-refractivity contribution in [3.05, 3.63) is 0 Å². The Morgan fingerprint density at radius 3 is 1.88 bits per heavy atom. The molecule has 1 saturated heterocycles. The van der Waals surface area contributed by atoms with Crippen LogP contribution < -0.4 is 16.8 Å². The van der Waals surface area contributed by atoms with Crippen molar-refractivity contribution in [2.24, 2.45) is 11.5 Å². The van der Waals surface area contributed by atoms with Crippen LogP contribution in [0.4, 0.5) is 0 Å². The number of rotatable bonds is 0. The molecule has 0 aromatic rings. The van der Waals surface area contributed by atoms with E-state index < -0.39 is 0 Å². The van der Waals surface area contributed by atoms with Crippen molar-refractivity contribution in [2.75, 3.05) is 0 Å². The van der Waals surface area contributed by atoms with Crippen LogP contribution in [-0.4, -0.2) is 12.3 Å². The first kappa shape index (κ1) is 6.01. The molecule has 1 fully saturated rings. The quantitative estimate of drug-likeness (QED) is 0.353. The van der Waals surface area contributed by atoms with Crippen molar-refractivity contribution in [1.82, 2.24) is 0 Å². The zero-order valence-electron chi connectivity index (χ0n) is 5.01. The molecule has 0 amide bonds. The fourth-order valence-electron chi connectivity index (χ4n) is 1.10. The van der Waals surface area contributed by atoms with Crippen LogP contribution in [0.5, 0.6) is 0 Å². The predicted octanol–water partition coefficient (Wildman–Crippen LogP) is -1.70. The molecular weight excluding hydrogens is 102 g/mol. The smallest absolute Gasteiger partial charge is 0.138 e. The number of quaternary nitrogens is 1. The third-order valence-corrected chi connectivity index (χ3v) is 1.57. The highest BCUT2D eigenvalue weighted by Crippen LogP contribution is 1.98. The normalized spacial score (nSPS) is 39.8. The maximum Gasteiger partial charge on any atom is 0.138 e. The molecule has 3 nitrogen and oxygen atoms in total. The van der Waals surface area contributed by atoms with Gasteiger partial charge in [0, 0.05) is 12.8 Å². The zero-order valence-corrected chi connectivity index (χ0v) is 5.01. The molecule has 6 N–H and O–H groups in total. The van der Waals surface area contributed by atoms with E-state index in [1.807, 2.05) is 5.32 Å². The van der Waals surface area contributed by atoms with E-state index in [0.717, 1.165) is 12.8 Å². The first-order chi connectivity index (χ1) is 3.79. The Kier molecular flexibility index (Phi) is 1.83. The van der Waals surface area contributed by atoms with E-state index in [2.05, 4.69) is 0 Å². The Morgan fingerprint density at radius 2 is 1.62 bits per heavy atom. The lowest BCUT2D eigenvalue weighted by atomic mass is 10.1. The van der Waals surface area contributed by atoms with Gasteiger partial charge in [-0.25, -0.2) is 0 Å². The number of hydrogen-bond donors (Lipinski definition) is 3. The second kappa shape index (κ2) is 2.44. The van der Waals surface area contributed by atoms with Gasteiger partial charge in [-0.1, -0.05) is 0 Å². The highest BCUT2D eigenvalue weighted by Gasteiger charge is 2.17. The minimum atomic E-state index is 0.263. The lowest BCUT2D eigenvalue weighted by molar-refractivity contribution is -0.728. The molecule has 0 aromatic heterocycles. The van der Waals surface area contributed by atoms with Crippen LogP contribution in [0, 0.1) is 0 Å². The molecule has 48 valence electrons. The number of nitrogens with two attached hydrogens (primary N) is 3. The van der Waals surface area contributed by atoms with Crippen LogP contribution in [0.15, 0.2) is 0 Å². The Hall–Kier alpha value is -0.120. The molecule has 2 unspecified atom stereocenters. The van der Waals surface area contributed by atoms with Gasteiger partial charge in [-0.2, -0.15) is 0 Å². The molecule has 0 aromatic carbocycles. The highest BCUT2D eigenvalue weighted by atomic mass is 15.1. The summed E-state index contributed by atoms with van der Waals surface area (Å²) < 4.78 is 0. The maximum atomic E-state index is 5.59. The van der Waals surface area contributed by atoms with Gasteiger partial charge in [0.05, 0.1) is 0 Å². The summed E-state index contributed by atoms with van der Waals surface area (Å²) in [6, 6.07) is 0. The van der Waals surface area contributed by atoms with E-state index in [9.17, 15) is 0 Å². The van der Waals surface area contributed by atoms with Crippen LogP contribution in [0.25, 0.3) is 0 Å². The van der Waals surface area contributed by atoms with Gasteiger partial charge in [0.25, 0.3) is 0 Å². The van der Waals surface area contributed by atoms with Crippen molar-refractivity contribution >= 4 is 0 Å². The number of piperidine rings is 1. The third kappa shape index (κ3) is 1.43. The van der Waals surface area contributed by atoms with Crippen molar-refractivity contribution in [3.63, 3.8) is 0 Å². The summed E-state index contributed by atoms with van der Waals surface area (Å²) in [5.41, 5.74) is 11.2. The van der Waals surface area contributed by atoms with Crippen molar-refractivity contribution in [3.8, 4) is 0 Å². The van der Waals surface area contributed by atoms with Gasteiger partial charge >= 0.3 is 0 Å². The average Bonchev–Trinajstić information content (AvgIpc) is 1.64. The molecule has 3 heteroatoms. The summed E-state index contributed by atoms with van der Waals surface area (Å²) in [6.07, 6.45) is 3.96. The van der Waals surface area contributed by atoms with E-state index in [0.29, 0.717) is 0 Å². The van der Waals surface area contributed by atoms with Gasteiger partial charge in [0.2, 0.25) is 0 Å². The van der Waals surface area contributed by atoms with E-state index in [4.69, 9.17) is 11.5 Å². The van der Waals surface area contributed by atoms with E-state index in [1.54, 1.807) is 0 Å². The van der Waals surface area contributed by atoms with Crippen LogP contribution >= 0.6 is 0 Å². The van der Waals surface area contributed by atoms with Gasteiger partial charge in [0.15, 0.2) is 0 Å². The molecule has 1 aliphatic rings. The van der Waals surface area contributed by atoms with Gasteiger partial charge in [-0.05, 0) is 6.42 Å². The minimum Gasteiger partial charge on any atom is -0.317 e. The van der Waals surface area contributed by atoms with Gasteiger partial charge < -0.3 is 5.32 Å². The molecule has 8 heavy (non-hydrogen) atoms. The monoisotopic (exact) mass is 116 g/mol.